The molecule has 1 N–H and O–H groups in total. The Bertz CT molecular complexity index is 560. The molecule has 0 amide bonds. The number of methoxy groups -OCH3 is 1. The number of carbonyl (C=O) groups excluding carboxylic acids is 1. The predicted molar refractivity (Wildman–Crippen MR) is 76.5 cm³/mol. The zero-order valence-electron chi connectivity index (χ0n) is 12.8. The third-order valence-electron chi connectivity index (χ3n) is 3.98. The Hall–Kier alpha value is -1.63. The number of piperidine rings is 1. The summed E-state index contributed by atoms with van der Waals surface area (Å²) in [6.45, 7) is -0.945. The molecule has 23 heavy (non-hydrogen) atoms. The van der Waals surface area contributed by atoms with Crippen LogP contribution in [0.4, 0.5) is 17.6 Å². The second-order valence-corrected chi connectivity index (χ2v) is 5.74. The molecule has 1 aromatic carbocycles. The van der Waals surface area contributed by atoms with E-state index in [4.69, 9.17) is 0 Å². The summed E-state index contributed by atoms with van der Waals surface area (Å²) >= 11 is 0. The SMILES string of the molecule is COC(=O)C1CCCC(Cc2cc(CF)cc(C(F)(F)F)c2)N1. The Morgan fingerprint density at radius 1 is 1.26 bits per heavy atom. The minimum atomic E-state index is -4.51. The maximum absolute atomic E-state index is 12.9. The molecule has 0 radical (unpaired) electrons. The van der Waals surface area contributed by atoms with Crippen molar-refractivity contribution in [2.75, 3.05) is 7.11 Å². The summed E-state index contributed by atoms with van der Waals surface area (Å²) in [6.07, 6.45) is -2.03. The van der Waals surface area contributed by atoms with Crippen molar-refractivity contribution in [3.8, 4) is 0 Å². The van der Waals surface area contributed by atoms with Gasteiger partial charge in [0, 0.05) is 6.04 Å². The molecule has 3 nitrogen and oxygen atoms in total. The van der Waals surface area contributed by atoms with Crippen LogP contribution in [0.15, 0.2) is 18.2 Å². The summed E-state index contributed by atoms with van der Waals surface area (Å²) in [4.78, 5) is 11.6. The molecular formula is C16H19F4NO2. The van der Waals surface area contributed by atoms with E-state index in [2.05, 4.69) is 10.1 Å². The average molecular weight is 333 g/mol. The number of nitrogens with one attached hydrogen (secondary N) is 1. The Morgan fingerprint density at radius 2 is 1.96 bits per heavy atom. The van der Waals surface area contributed by atoms with E-state index in [-0.39, 0.29) is 17.6 Å². The highest BCUT2D eigenvalue weighted by molar-refractivity contribution is 5.75. The van der Waals surface area contributed by atoms with Crippen molar-refractivity contribution < 1.29 is 27.1 Å². The summed E-state index contributed by atoms with van der Waals surface area (Å²) in [6, 6.07) is 2.74. The number of rotatable bonds is 4. The molecule has 1 aliphatic heterocycles. The van der Waals surface area contributed by atoms with Gasteiger partial charge < -0.3 is 10.1 Å². The Kier molecular flexibility index (Phi) is 5.62. The Balaban J connectivity index is 2.14. The second-order valence-electron chi connectivity index (χ2n) is 5.74. The maximum Gasteiger partial charge on any atom is 0.416 e. The van der Waals surface area contributed by atoms with Crippen molar-refractivity contribution in [3.63, 3.8) is 0 Å². The van der Waals surface area contributed by atoms with Crippen LogP contribution in [-0.4, -0.2) is 25.2 Å². The van der Waals surface area contributed by atoms with Gasteiger partial charge in [-0.1, -0.05) is 6.07 Å². The quantitative estimate of drug-likeness (QED) is 0.678. The first kappa shape index (κ1) is 17.7. The summed E-state index contributed by atoms with van der Waals surface area (Å²) in [5.41, 5.74) is -0.423. The first-order chi connectivity index (χ1) is 10.8. The lowest BCUT2D eigenvalue weighted by Crippen LogP contribution is -2.48. The number of hydrogen-bond donors (Lipinski definition) is 1. The standard InChI is InChI=1S/C16H19F4NO2/c1-23-15(22)14-4-2-3-13(21-14)8-10-5-11(9-17)7-12(6-10)16(18,19)20/h5-7,13-14,21H,2-4,8-9H2,1H3. The van der Waals surface area contributed by atoms with Gasteiger partial charge in [-0.2, -0.15) is 13.2 Å². The minimum absolute atomic E-state index is 0.00940. The van der Waals surface area contributed by atoms with Crippen LogP contribution in [0.3, 0.4) is 0 Å². The third-order valence-corrected chi connectivity index (χ3v) is 3.98. The molecule has 0 bridgehead atoms. The van der Waals surface area contributed by atoms with Gasteiger partial charge in [0.25, 0.3) is 0 Å². The lowest BCUT2D eigenvalue weighted by Gasteiger charge is -2.29. The van der Waals surface area contributed by atoms with Gasteiger partial charge in [0.2, 0.25) is 0 Å². The van der Waals surface area contributed by atoms with Crippen LogP contribution in [0.25, 0.3) is 0 Å². The number of halogens is 4. The number of carbonyl (C=O) groups is 1. The molecule has 2 rings (SSSR count). The number of hydrogen-bond acceptors (Lipinski definition) is 3. The molecule has 1 aliphatic rings. The van der Waals surface area contributed by atoms with Gasteiger partial charge in [-0.25, -0.2) is 4.39 Å². The zero-order chi connectivity index (χ0) is 17.0. The molecular weight excluding hydrogens is 314 g/mol. The molecule has 128 valence electrons. The average Bonchev–Trinajstić information content (AvgIpc) is 2.53. The molecule has 0 aromatic heterocycles. The molecule has 0 spiro atoms. The van der Waals surface area contributed by atoms with Crippen LogP contribution in [0.2, 0.25) is 0 Å². The number of esters is 1. The lowest BCUT2D eigenvalue weighted by atomic mass is 9.92. The monoisotopic (exact) mass is 333 g/mol. The van der Waals surface area contributed by atoms with Gasteiger partial charge in [0.1, 0.15) is 12.7 Å². The number of alkyl halides is 4. The van der Waals surface area contributed by atoms with E-state index in [1.54, 1.807) is 0 Å². The highest BCUT2D eigenvalue weighted by Crippen LogP contribution is 2.31. The fraction of sp³-hybridized carbons (Fsp3) is 0.562. The van der Waals surface area contributed by atoms with E-state index in [0.717, 1.165) is 25.0 Å². The van der Waals surface area contributed by atoms with Gasteiger partial charge in [-0.05, 0) is 48.9 Å². The molecule has 7 heteroatoms. The van der Waals surface area contributed by atoms with Crippen molar-refractivity contribution in [2.24, 2.45) is 0 Å². The summed E-state index contributed by atoms with van der Waals surface area (Å²) in [7, 11) is 1.30. The summed E-state index contributed by atoms with van der Waals surface area (Å²) in [5.74, 6) is -0.372. The zero-order valence-corrected chi connectivity index (χ0v) is 12.8. The molecule has 0 aliphatic carbocycles. The van der Waals surface area contributed by atoms with E-state index >= 15 is 0 Å². The first-order valence-electron chi connectivity index (χ1n) is 7.43. The molecule has 2 atom stereocenters. The number of ether oxygens (including phenoxy) is 1. The normalized spacial score (nSPS) is 22.0. The fourth-order valence-corrected chi connectivity index (χ4v) is 2.91. The van der Waals surface area contributed by atoms with Gasteiger partial charge in [-0.3, -0.25) is 4.79 Å². The number of benzene rings is 1. The smallest absolute Gasteiger partial charge is 0.416 e. The predicted octanol–water partition coefficient (Wildman–Crippen LogP) is 3.40. The van der Waals surface area contributed by atoms with Crippen LogP contribution < -0.4 is 5.32 Å². The maximum atomic E-state index is 12.9. The summed E-state index contributed by atoms with van der Waals surface area (Å²) < 4.78 is 56.1. The third kappa shape index (κ3) is 4.67. The van der Waals surface area contributed by atoms with Crippen LogP contribution in [0.5, 0.6) is 0 Å². The van der Waals surface area contributed by atoms with Crippen LogP contribution in [-0.2, 0) is 28.8 Å². The van der Waals surface area contributed by atoms with Crippen molar-refractivity contribution >= 4 is 5.97 Å². The Morgan fingerprint density at radius 3 is 2.57 bits per heavy atom. The van der Waals surface area contributed by atoms with Crippen molar-refractivity contribution in [3.05, 3.63) is 34.9 Å². The van der Waals surface area contributed by atoms with E-state index in [1.807, 2.05) is 0 Å². The fourth-order valence-electron chi connectivity index (χ4n) is 2.91. The molecule has 1 heterocycles. The highest BCUT2D eigenvalue weighted by Gasteiger charge is 2.32. The second kappa shape index (κ2) is 7.29. The molecule has 1 saturated heterocycles. The van der Waals surface area contributed by atoms with E-state index < -0.39 is 24.5 Å². The van der Waals surface area contributed by atoms with Crippen molar-refractivity contribution in [2.45, 2.75) is 50.6 Å². The molecule has 1 fully saturated rings. The van der Waals surface area contributed by atoms with E-state index in [0.29, 0.717) is 18.4 Å². The molecule has 0 saturated carbocycles. The van der Waals surface area contributed by atoms with Gasteiger partial charge in [-0.15, -0.1) is 0 Å². The van der Waals surface area contributed by atoms with Gasteiger partial charge >= 0.3 is 12.1 Å². The lowest BCUT2D eigenvalue weighted by molar-refractivity contribution is -0.144. The topological polar surface area (TPSA) is 38.3 Å². The Labute approximate surface area is 132 Å². The van der Waals surface area contributed by atoms with Crippen LogP contribution >= 0.6 is 0 Å². The van der Waals surface area contributed by atoms with E-state index in [1.165, 1.54) is 13.2 Å². The van der Waals surface area contributed by atoms with Crippen LogP contribution in [0.1, 0.15) is 36.0 Å². The van der Waals surface area contributed by atoms with Crippen molar-refractivity contribution in [1.82, 2.24) is 5.32 Å². The molecule has 2 unspecified atom stereocenters. The van der Waals surface area contributed by atoms with Crippen LogP contribution in [0, 0.1) is 0 Å². The minimum Gasteiger partial charge on any atom is -0.468 e. The molecule has 1 aromatic rings. The van der Waals surface area contributed by atoms with Crippen molar-refractivity contribution in [1.29, 1.82) is 0 Å². The summed E-state index contributed by atoms with van der Waals surface area (Å²) in [5, 5.41) is 3.10. The largest absolute Gasteiger partial charge is 0.468 e. The van der Waals surface area contributed by atoms with E-state index in [9.17, 15) is 22.4 Å². The van der Waals surface area contributed by atoms with Gasteiger partial charge in [0.05, 0.1) is 12.7 Å². The highest BCUT2D eigenvalue weighted by atomic mass is 19.4. The first-order valence-corrected chi connectivity index (χ1v) is 7.43. The van der Waals surface area contributed by atoms with Gasteiger partial charge in [0.15, 0.2) is 0 Å².